The van der Waals surface area contributed by atoms with Crippen molar-refractivity contribution in [3.05, 3.63) is 53.6 Å². The Balaban J connectivity index is 1.55. The van der Waals surface area contributed by atoms with Crippen molar-refractivity contribution in [1.29, 1.82) is 0 Å². The molecule has 2 aromatic rings. The monoisotopic (exact) mass is 413 g/mol. The van der Waals surface area contributed by atoms with Gasteiger partial charge in [0.2, 0.25) is 0 Å². The number of hydrogen-bond donors (Lipinski definition) is 0. The number of esters is 1. The van der Waals surface area contributed by atoms with Crippen LogP contribution in [0, 0.1) is 0 Å². The number of nitrogens with zero attached hydrogens (tertiary/aromatic N) is 1. The molecular formula is C23H27NO6. The molecule has 1 fully saturated rings. The van der Waals surface area contributed by atoms with Crippen molar-refractivity contribution < 1.29 is 28.5 Å². The molecular weight excluding hydrogens is 386 g/mol. The van der Waals surface area contributed by atoms with Gasteiger partial charge in [-0.15, -0.1) is 0 Å². The standard InChI is InChI=1S/C23H27NO6/c1-27-19-9-4-16(5-10-19)14-24(18-7-8-18)22(25)15-30-23(26)12-17-6-11-20(28-2)13-21(17)29-3/h4-6,9-11,13,18H,7-8,12,14-15H2,1-3H3. The Kier molecular flexibility index (Phi) is 7.17. The molecule has 0 unspecified atom stereocenters. The van der Waals surface area contributed by atoms with Gasteiger partial charge >= 0.3 is 5.97 Å². The lowest BCUT2D eigenvalue weighted by Gasteiger charge is -2.22. The molecule has 0 heterocycles. The smallest absolute Gasteiger partial charge is 0.310 e. The van der Waals surface area contributed by atoms with Crippen LogP contribution < -0.4 is 14.2 Å². The second-order valence-electron chi connectivity index (χ2n) is 7.12. The van der Waals surface area contributed by atoms with Gasteiger partial charge in [0.25, 0.3) is 5.91 Å². The van der Waals surface area contributed by atoms with Crippen molar-refractivity contribution in [3.63, 3.8) is 0 Å². The van der Waals surface area contributed by atoms with Gasteiger partial charge in [-0.05, 0) is 36.6 Å². The maximum atomic E-state index is 12.7. The van der Waals surface area contributed by atoms with Crippen LogP contribution >= 0.6 is 0 Å². The van der Waals surface area contributed by atoms with Gasteiger partial charge in [0.1, 0.15) is 17.2 Å². The van der Waals surface area contributed by atoms with Gasteiger partial charge in [-0.1, -0.05) is 18.2 Å². The zero-order valence-corrected chi connectivity index (χ0v) is 17.6. The number of methoxy groups -OCH3 is 3. The van der Waals surface area contributed by atoms with E-state index in [1.54, 1.807) is 37.3 Å². The van der Waals surface area contributed by atoms with Crippen LogP contribution in [0.15, 0.2) is 42.5 Å². The Bertz CT molecular complexity index is 876. The summed E-state index contributed by atoms with van der Waals surface area (Å²) in [6, 6.07) is 13.0. The van der Waals surface area contributed by atoms with Crippen LogP contribution in [0.1, 0.15) is 24.0 Å². The minimum Gasteiger partial charge on any atom is -0.497 e. The summed E-state index contributed by atoms with van der Waals surface area (Å²) in [4.78, 5) is 26.8. The maximum absolute atomic E-state index is 12.7. The molecule has 1 saturated carbocycles. The molecule has 0 aromatic heterocycles. The van der Waals surface area contributed by atoms with E-state index in [1.807, 2.05) is 24.3 Å². The van der Waals surface area contributed by atoms with Gasteiger partial charge in [-0.3, -0.25) is 9.59 Å². The third kappa shape index (κ3) is 5.65. The first-order chi connectivity index (χ1) is 14.5. The lowest BCUT2D eigenvalue weighted by Crippen LogP contribution is -2.36. The molecule has 1 aliphatic rings. The van der Waals surface area contributed by atoms with E-state index >= 15 is 0 Å². The van der Waals surface area contributed by atoms with Gasteiger partial charge in [0.05, 0.1) is 27.8 Å². The molecule has 1 aliphatic carbocycles. The van der Waals surface area contributed by atoms with Crippen molar-refractivity contribution >= 4 is 11.9 Å². The van der Waals surface area contributed by atoms with Crippen LogP contribution in [0.5, 0.6) is 17.2 Å². The molecule has 0 N–H and O–H groups in total. The molecule has 7 nitrogen and oxygen atoms in total. The summed E-state index contributed by atoms with van der Waals surface area (Å²) in [6.45, 7) is 0.210. The summed E-state index contributed by atoms with van der Waals surface area (Å²) in [5.41, 5.74) is 1.68. The number of benzene rings is 2. The van der Waals surface area contributed by atoms with Gasteiger partial charge in [0, 0.05) is 24.2 Å². The molecule has 30 heavy (non-hydrogen) atoms. The minimum atomic E-state index is -0.480. The summed E-state index contributed by atoms with van der Waals surface area (Å²) in [7, 11) is 4.70. The Morgan fingerprint density at radius 1 is 0.933 bits per heavy atom. The molecule has 0 atom stereocenters. The minimum absolute atomic E-state index is 0.0162. The van der Waals surface area contributed by atoms with Gasteiger partial charge in [-0.25, -0.2) is 0 Å². The van der Waals surface area contributed by atoms with Crippen molar-refractivity contribution in [2.24, 2.45) is 0 Å². The molecule has 0 spiro atoms. The number of rotatable bonds is 10. The van der Waals surface area contributed by atoms with Gasteiger partial charge in [-0.2, -0.15) is 0 Å². The first-order valence-corrected chi connectivity index (χ1v) is 9.83. The molecule has 0 saturated heterocycles. The van der Waals surface area contributed by atoms with E-state index in [0.29, 0.717) is 23.6 Å². The average Bonchev–Trinajstić information content (AvgIpc) is 3.61. The first kappa shape index (κ1) is 21.5. The van der Waals surface area contributed by atoms with E-state index in [1.165, 1.54) is 7.11 Å². The summed E-state index contributed by atoms with van der Waals surface area (Å²) in [5, 5.41) is 0. The van der Waals surface area contributed by atoms with Crippen molar-refractivity contribution in [2.75, 3.05) is 27.9 Å². The Morgan fingerprint density at radius 3 is 2.20 bits per heavy atom. The van der Waals surface area contributed by atoms with Crippen molar-refractivity contribution in [1.82, 2.24) is 4.90 Å². The summed E-state index contributed by atoms with van der Waals surface area (Å²) in [6.07, 6.45) is 1.96. The SMILES string of the molecule is COc1ccc(CN(C(=O)COC(=O)Cc2ccc(OC)cc2OC)C2CC2)cc1. The van der Waals surface area contributed by atoms with Crippen LogP contribution in [0.25, 0.3) is 0 Å². The Labute approximate surface area is 176 Å². The zero-order valence-electron chi connectivity index (χ0n) is 17.6. The van der Waals surface area contributed by atoms with Crippen LogP contribution in [-0.2, 0) is 27.3 Å². The highest BCUT2D eigenvalue weighted by Crippen LogP contribution is 2.29. The maximum Gasteiger partial charge on any atom is 0.310 e. The third-order valence-corrected chi connectivity index (χ3v) is 5.01. The molecule has 0 bridgehead atoms. The molecule has 3 rings (SSSR count). The largest absolute Gasteiger partial charge is 0.497 e. The normalized spacial score (nSPS) is 12.8. The highest BCUT2D eigenvalue weighted by atomic mass is 16.5. The zero-order chi connectivity index (χ0) is 21.5. The molecule has 2 aromatic carbocycles. The number of ether oxygens (including phenoxy) is 4. The second-order valence-corrected chi connectivity index (χ2v) is 7.12. The van der Waals surface area contributed by atoms with E-state index in [4.69, 9.17) is 18.9 Å². The molecule has 0 radical (unpaired) electrons. The fraction of sp³-hybridized carbons (Fsp3) is 0.391. The van der Waals surface area contributed by atoms with Crippen molar-refractivity contribution in [3.8, 4) is 17.2 Å². The molecule has 0 aliphatic heterocycles. The van der Waals surface area contributed by atoms with Gasteiger partial charge < -0.3 is 23.8 Å². The fourth-order valence-corrected chi connectivity index (χ4v) is 3.16. The average molecular weight is 413 g/mol. The Hall–Kier alpha value is -3.22. The van der Waals surface area contributed by atoms with E-state index in [9.17, 15) is 9.59 Å². The number of amides is 1. The summed E-state index contributed by atoms with van der Waals surface area (Å²) < 4.78 is 20.9. The first-order valence-electron chi connectivity index (χ1n) is 9.83. The summed E-state index contributed by atoms with van der Waals surface area (Å²) in [5.74, 6) is 1.27. The number of carbonyl (C=O) groups excluding carboxylic acids is 2. The highest BCUT2D eigenvalue weighted by molar-refractivity contribution is 5.82. The molecule has 160 valence electrons. The van der Waals surface area contributed by atoms with Crippen LogP contribution in [0.2, 0.25) is 0 Å². The molecule has 7 heteroatoms. The topological polar surface area (TPSA) is 74.3 Å². The lowest BCUT2D eigenvalue weighted by molar-refractivity contribution is -0.152. The molecule has 1 amide bonds. The van der Waals surface area contributed by atoms with Crippen LogP contribution in [0.3, 0.4) is 0 Å². The van der Waals surface area contributed by atoms with Crippen molar-refractivity contribution in [2.45, 2.75) is 31.8 Å². The van der Waals surface area contributed by atoms with E-state index in [-0.39, 0.29) is 25.0 Å². The van der Waals surface area contributed by atoms with E-state index in [0.717, 1.165) is 24.2 Å². The van der Waals surface area contributed by atoms with E-state index in [2.05, 4.69) is 0 Å². The predicted octanol–water partition coefficient (Wildman–Crippen LogP) is 2.99. The second kappa shape index (κ2) is 10.0. The highest BCUT2D eigenvalue weighted by Gasteiger charge is 2.33. The number of carbonyl (C=O) groups is 2. The van der Waals surface area contributed by atoms with Crippen LogP contribution in [0.4, 0.5) is 0 Å². The predicted molar refractivity (Wildman–Crippen MR) is 111 cm³/mol. The summed E-state index contributed by atoms with van der Waals surface area (Å²) >= 11 is 0. The van der Waals surface area contributed by atoms with Gasteiger partial charge in [0.15, 0.2) is 6.61 Å². The quantitative estimate of drug-likeness (QED) is 0.558. The van der Waals surface area contributed by atoms with E-state index < -0.39 is 5.97 Å². The Morgan fingerprint density at radius 2 is 1.60 bits per heavy atom. The van der Waals surface area contributed by atoms with Crippen LogP contribution in [-0.4, -0.2) is 50.8 Å². The lowest BCUT2D eigenvalue weighted by atomic mass is 10.1. The number of hydrogen-bond acceptors (Lipinski definition) is 6. The fourth-order valence-electron chi connectivity index (χ4n) is 3.16. The third-order valence-electron chi connectivity index (χ3n) is 5.01.